The molecule has 0 atom stereocenters. The van der Waals surface area contributed by atoms with Crippen molar-refractivity contribution < 1.29 is 33.6 Å². The third-order valence-corrected chi connectivity index (χ3v) is 3.94. The van der Waals surface area contributed by atoms with Crippen LogP contribution >= 0.6 is 0 Å². The molecule has 2 rings (SSSR count). The number of aromatic carboxylic acids is 1. The predicted octanol–water partition coefficient (Wildman–Crippen LogP) is 1.53. The van der Waals surface area contributed by atoms with Gasteiger partial charge in [-0.25, -0.2) is 9.59 Å². The van der Waals surface area contributed by atoms with Gasteiger partial charge in [0.25, 0.3) is 0 Å². The quantitative estimate of drug-likeness (QED) is 0.506. The lowest BCUT2D eigenvalue weighted by Crippen LogP contribution is -2.30. The zero-order chi connectivity index (χ0) is 20.7. The molecule has 0 aliphatic rings. The average Bonchev–Trinajstić information content (AvgIpc) is 2.71. The van der Waals surface area contributed by atoms with Crippen LogP contribution in [0.25, 0.3) is 0 Å². The van der Waals surface area contributed by atoms with Crippen LogP contribution in [0.15, 0.2) is 41.3 Å². The second-order valence-corrected chi connectivity index (χ2v) is 5.67. The van der Waals surface area contributed by atoms with Gasteiger partial charge in [-0.15, -0.1) is 0 Å². The molecule has 2 aromatic rings. The van der Waals surface area contributed by atoms with Crippen LogP contribution in [-0.2, 0) is 27.4 Å². The Morgan fingerprint density at radius 3 is 2.29 bits per heavy atom. The smallest absolute Gasteiger partial charge is 0.358 e. The highest BCUT2D eigenvalue weighted by atomic mass is 16.7. The summed E-state index contributed by atoms with van der Waals surface area (Å²) >= 11 is 0. The Bertz CT molecular complexity index is 887. The third-order valence-electron chi connectivity index (χ3n) is 3.94. The fourth-order valence-electron chi connectivity index (χ4n) is 2.51. The van der Waals surface area contributed by atoms with Crippen LogP contribution in [0.1, 0.15) is 26.4 Å². The van der Waals surface area contributed by atoms with Gasteiger partial charge in [-0.05, 0) is 5.56 Å². The van der Waals surface area contributed by atoms with Gasteiger partial charge in [0.05, 0.1) is 13.7 Å². The Balaban J connectivity index is 2.60. The molecule has 150 valence electrons. The van der Waals surface area contributed by atoms with Gasteiger partial charge < -0.3 is 28.6 Å². The molecule has 28 heavy (non-hydrogen) atoms. The van der Waals surface area contributed by atoms with Crippen LogP contribution in [0.5, 0.6) is 5.75 Å². The van der Waals surface area contributed by atoms with Gasteiger partial charge in [0, 0.05) is 20.4 Å². The molecule has 1 aromatic heterocycles. The third kappa shape index (κ3) is 4.76. The lowest BCUT2D eigenvalue weighted by Gasteiger charge is -2.20. The van der Waals surface area contributed by atoms with Gasteiger partial charge in [-0.3, -0.25) is 4.79 Å². The maximum Gasteiger partial charge on any atom is 0.358 e. The molecule has 9 nitrogen and oxygen atoms in total. The lowest BCUT2D eigenvalue weighted by atomic mass is 10.2. The number of hydrogen-bond donors (Lipinski definition) is 1. The van der Waals surface area contributed by atoms with E-state index in [9.17, 15) is 19.5 Å². The molecule has 0 saturated carbocycles. The fourth-order valence-corrected chi connectivity index (χ4v) is 2.51. The number of aromatic nitrogens is 1. The minimum Gasteiger partial charge on any atom is -0.482 e. The first-order valence-electron chi connectivity index (χ1n) is 8.24. The number of esters is 1. The fraction of sp³-hybridized carbons (Fsp3) is 0.316. The van der Waals surface area contributed by atoms with E-state index in [4.69, 9.17) is 18.9 Å². The Morgan fingerprint density at radius 1 is 1.11 bits per heavy atom. The summed E-state index contributed by atoms with van der Waals surface area (Å²) in [6.07, 6.45) is 0.242. The van der Waals surface area contributed by atoms with E-state index in [2.05, 4.69) is 0 Å². The van der Waals surface area contributed by atoms with Gasteiger partial charge in [0.2, 0.25) is 5.43 Å². The van der Waals surface area contributed by atoms with Crippen molar-refractivity contribution in [1.29, 1.82) is 0 Å². The summed E-state index contributed by atoms with van der Waals surface area (Å²) in [6, 6.07) is 8.92. The number of carboxylic acids is 1. The number of ether oxygens (including phenoxy) is 4. The van der Waals surface area contributed by atoms with Crippen molar-refractivity contribution in [3.05, 3.63) is 63.6 Å². The predicted molar refractivity (Wildman–Crippen MR) is 97.6 cm³/mol. The molecule has 0 aliphatic carbocycles. The van der Waals surface area contributed by atoms with Crippen molar-refractivity contribution in [2.75, 3.05) is 21.3 Å². The van der Waals surface area contributed by atoms with Crippen molar-refractivity contribution in [1.82, 2.24) is 4.57 Å². The Hall–Kier alpha value is -3.17. The summed E-state index contributed by atoms with van der Waals surface area (Å²) in [5, 5.41) is 9.39. The Kier molecular flexibility index (Phi) is 7.30. The molecule has 0 unspecified atom stereocenters. The van der Waals surface area contributed by atoms with E-state index < -0.39 is 35.0 Å². The van der Waals surface area contributed by atoms with Crippen LogP contribution in [0, 0.1) is 0 Å². The van der Waals surface area contributed by atoms with Crippen LogP contribution in [0.2, 0.25) is 0 Å². The van der Waals surface area contributed by atoms with Gasteiger partial charge in [0.1, 0.15) is 12.2 Å². The van der Waals surface area contributed by atoms with E-state index in [-0.39, 0.29) is 18.8 Å². The number of benzene rings is 1. The largest absolute Gasteiger partial charge is 0.482 e. The second kappa shape index (κ2) is 9.67. The molecule has 0 amide bonds. The van der Waals surface area contributed by atoms with Gasteiger partial charge in [-0.1, -0.05) is 30.3 Å². The van der Waals surface area contributed by atoms with E-state index in [1.807, 2.05) is 6.07 Å². The van der Waals surface area contributed by atoms with E-state index in [1.54, 1.807) is 24.3 Å². The maximum absolute atomic E-state index is 12.7. The van der Waals surface area contributed by atoms with Crippen LogP contribution in [0.4, 0.5) is 0 Å². The molecule has 0 radical (unpaired) electrons. The second-order valence-electron chi connectivity index (χ2n) is 5.67. The van der Waals surface area contributed by atoms with Crippen LogP contribution in [-0.4, -0.2) is 49.2 Å². The van der Waals surface area contributed by atoms with E-state index in [0.29, 0.717) is 0 Å². The number of methoxy groups -OCH3 is 3. The monoisotopic (exact) mass is 391 g/mol. The number of pyridine rings is 1. The Labute approximate surface area is 161 Å². The number of carbonyl (C=O) groups is 2. The summed E-state index contributed by atoms with van der Waals surface area (Å²) in [4.78, 5) is 36.6. The van der Waals surface area contributed by atoms with Gasteiger partial charge in [0.15, 0.2) is 17.7 Å². The summed E-state index contributed by atoms with van der Waals surface area (Å²) in [5.74, 6) is -2.73. The molecule has 0 bridgehead atoms. The number of hydrogen-bond acceptors (Lipinski definition) is 7. The van der Waals surface area contributed by atoms with Crippen molar-refractivity contribution in [2.24, 2.45) is 0 Å². The zero-order valence-corrected chi connectivity index (χ0v) is 15.7. The van der Waals surface area contributed by atoms with Crippen molar-refractivity contribution in [3.8, 4) is 5.75 Å². The SMILES string of the molecule is COC(=O)c1c(OCc2ccccc2)c(=O)c(C(=O)O)cn1CC(OC)OC. The first kappa shape index (κ1) is 21.1. The topological polar surface area (TPSA) is 113 Å². The normalized spacial score (nSPS) is 10.7. The summed E-state index contributed by atoms with van der Waals surface area (Å²) in [6.45, 7) is -0.110. The molecule has 0 fully saturated rings. The highest BCUT2D eigenvalue weighted by molar-refractivity contribution is 5.93. The van der Waals surface area contributed by atoms with Gasteiger partial charge >= 0.3 is 11.9 Å². The van der Waals surface area contributed by atoms with Crippen LogP contribution in [0.3, 0.4) is 0 Å². The highest BCUT2D eigenvalue weighted by Gasteiger charge is 2.27. The molecule has 1 heterocycles. The maximum atomic E-state index is 12.7. The number of carbonyl (C=O) groups excluding carboxylic acids is 1. The average molecular weight is 391 g/mol. The number of rotatable bonds is 9. The molecule has 1 N–H and O–H groups in total. The van der Waals surface area contributed by atoms with Crippen molar-refractivity contribution >= 4 is 11.9 Å². The van der Waals surface area contributed by atoms with E-state index in [1.165, 1.54) is 18.8 Å². The molecule has 0 saturated heterocycles. The molecule has 9 heteroatoms. The summed E-state index contributed by atoms with van der Waals surface area (Å²) in [7, 11) is 3.92. The minimum atomic E-state index is -1.45. The van der Waals surface area contributed by atoms with Crippen LogP contribution < -0.4 is 10.2 Å². The Morgan fingerprint density at radius 2 is 1.75 bits per heavy atom. The lowest BCUT2D eigenvalue weighted by molar-refractivity contribution is -0.111. The molecular formula is C19H21NO8. The van der Waals surface area contributed by atoms with Crippen molar-refractivity contribution in [2.45, 2.75) is 19.4 Å². The van der Waals surface area contributed by atoms with Gasteiger partial charge in [-0.2, -0.15) is 0 Å². The minimum absolute atomic E-state index is 0.0405. The number of carboxylic acid groups (broad SMARTS) is 1. The zero-order valence-electron chi connectivity index (χ0n) is 15.7. The highest BCUT2D eigenvalue weighted by Crippen LogP contribution is 2.19. The summed E-state index contributed by atoms with van der Waals surface area (Å²) < 4.78 is 21.8. The molecule has 0 aliphatic heterocycles. The summed E-state index contributed by atoms with van der Waals surface area (Å²) in [5.41, 5.74) is -0.975. The first-order chi connectivity index (χ1) is 13.4. The molecule has 0 spiro atoms. The van der Waals surface area contributed by atoms with Crippen molar-refractivity contribution in [3.63, 3.8) is 0 Å². The van der Waals surface area contributed by atoms with E-state index in [0.717, 1.165) is 18.9 Å². The number of nitrogens with zero attached hydrogens (tertiary/aromatic N) is 1. The molecular weight excluding hydrogens is 370 g/mol. The first-order valence-corrected chi connectivity index (χ1v) is 8.24. The molecule has 1 aromatic carbocycles. The van der Waals surface area contributed by atoms with E-state index >= 15 is 0 Å². The standard InChI is InChI=1S/C19H21NO8/c1-25-14(26-2)10-20-9-13(18(22)23)16(21)17(15(20)19(24)27-3)28-11-12-7-5-4-6-8-12/h4-9,14H,10-11H2,1-3H3,(H,22,23).